The van der Waals surface area contributed by atoms with Gasteiger partial charge in [-0.1, -0.05) is 37.3 Å². The van der Waals surface area contributed by atoms with Crippen LogP contribution in [0.4, 0.5) is 13.2 Å². The van der Waals surface area contributed by atoms with Gasteiger partial charge in [-0.05, 0) is 12.1 Å². The lowest BCUT2D eigenvalue weighted by atomic mass is 9.93. The number of likely N-dealkylation sites (tertiary alicyclic amines) is 1. The molecule has 0 amide bonds. The number of hydrogen-bond donors (Lipinski definition) is 0. The summed E-state index contributed by atoms with van der Waals surface area (Å²) in [6.07, 6.45) is -4.31. The smallest absolute Gasteiger partial charge is 0.358 e. The molecule has 0 radical (unpaired) electrons. The summed E-state index contributed by atoms with van der Waals surface area (Å²) in [7, 11) is 0. The second-order valence-corrected chi connectivity index (χ2v) is 4.57. The van der Waals surface area contributed by atoms with E-state index in [1.165, 1.54) is 0 Å². The van der Waals surface area contributed by atoms with Crippen LogP contribution in [-0.2, 0) is 11.3 Å². The van der Waals surface area contributed by atoms with Crippen molar-refractivity contribution in [2.45, 2.75) is 25.3 Å². The molecule has 2 rings (SSSR count). The van der Waals surface area contributed by atoms with Crippen LogP contribution < -0.4 is 0 Å². The Balaban J connectivity index is 2.00. The Hall–Kier alpha value is -1.07. The topological polar surface area (TPSA) is 12.5 Å². The number of hydrogen-bond acceptors (Lipinski definition) is 2. The van der Waals surface area contributed by atoms with Crippen LogP contribution in [0.3, 0.4) is 0 Å². The van der Waals surface area contributed by atoms with Crippen molar-refractivity contribution in [1.82, 2.24) is 4.90 Å². The van der Waals surface area contributed by atoms with Crippen molar-refractivity contribution in [3.8, 4) is 0 Å². The van der Waals surface area contributed by atoms with E-state index >= 15 is 0 Å². The lowest BCUT2D eigenvalue weighted by Crippen LogP contribution is -2.70. The lowest BCUT2D eigenvalue weighted by molar-refractivity contribution is -0.321. The standard InChI is InChI=1S/C13H16F3NO/c1-2-17-9-12(10-17,13(14,15)16)18-8-11-6-4-3-5-7-11/h3-7H,2,8-10H2,1H3. The first kappa shape index (κ1) is 13.4. The first-order valence-electron chi connectivity index (χ1n) is 5.94. The molecule has 1 aromatic rings. The fourth-order valence-corrected chi connectivity index (χ4v) is 2.05. The first-order valence-corrected chi connectivity index (χ1v) is 5.94. The third kappa shape index (κ3) is 2.52. The Morgan fingerprint density at radius 3 is 2.33 bits per heavy atom. The Labute approximate surface area is 104 Å². The van der Waals surface area contributed by atoms with E-state index in [0.29, 0.717) is 6.54 Å². The number of likely N-dealkylation sites (N-methyl/N-ethyl adjacent to an activating group) is 1. The van der Waals surface area contributed by atoms with Crippen molar-refractivity contribution in [3.63, 3.8) is 0 Å². The Morgan fingerprint density at radius 2 is 1.83 bits per heavy atom. The van der Waals surface area contributed by atoms with Crippen molar-refractivity contribution < 1.29 is 17.9 Å². The molecule has 2 nitrogen and oxygen atoms in total. The molecule has 5 heteroatoms. The number of ether oxygens (including phenoxy) is 1. The molecule has 1 fully saturated rings. The third-order valence-electron chi connectivity index (χ3n) is 3.28. The summed E-state index contributed by atoms with van der Waals surface area (Å²) < 4.78 is 44.2. The summed E-state index contributed by atoms with van der Waals surface area (Å²) >= 11 is 0. The average Bonchev–Trinajstić information content (AvgIpc) is 2.27. The van der Waals surface area contributed by atoms with Crippen LogP contribution in [0.25, 0.3) is 0 Å². The maximum Gasteiger partial charge on any atom is 0.419 e. The van der Waals surface area contributed by atoms with Gasteiger partial charge in [0, 0.05) is 13.1 Å². The Kier molecular flexibility index (Phi) is 3.64. The van der Waals surface area contributed by atoms with Gasteiger partial charge in [-0.2, -0.15) is 13.2 Å². The minimum Gasteiger partial charge on any atom is -0.358 e. The number of nitrogens with zero attached hydrogens (tertiary/aromatic N) is 1. The molecule has 0 atom stereocenters. The summed E-state index contributed by atoms with van der Waals surface area (Å²) in [4.78, 5) is 1.72. The SMILES string of the molecule is CCN1CC(OCc2ccccc2)(C(F)(F)F)C1. The molecule has 1 saturated heterocycles. The zero-order valence-corrected chi connectivity index (χ0v) is 10.2. The van der Waals surface area contributed by atoms with Crippen LogP contribution >= 0.6 is 0 Å². The van der Waals surface area contributed by atoms with Gasteiger partial charge in [0.1, 0.15) is 0 Å². The fraction of sp³-hybridized carbons (Fsp3) is 0.538. The second kappa shape index (κ2) is 4.90. The molecule has 100 valence electrons. The fourth-order valence-electron chi connectivity index (χ4n) is 2.05. The third-order valence-corrected chi connectivity index (χ3v) is 3.28. The van der Waals surface area contributed by atoms with E-state index in [-0.39, 0.29) is 19.7 Å². The molecule has 1 aliphatic rings. The largest absolute Gasteiger partial charge is 0.419 e. The molecular formula is C13H16F3NO. The average molecular weight is 259 g/mol. The summed E-state index contributed by atoms with van der Waals surface area (Å²) in [5.74, 6) is 0. The predicted molar refractivity (Wildman–Crippen MR) is 62.1 cm³/mol. The highest BCUT2D eigenvalue weighted by Gasteiger charge is 2.62. The number of benzene rings is 1. The van der Waals surface area contributed by atoms with Gasteiger partial charge in [0.05, 0.1) is 6.61 Å². The van der Waals surface area contributed by atoms with Crippen molar-refractivity contribution in [1.29, 1.82) is 0 Å². The highest BCUT2D eigenvalue weighted by molar-refractivity contribution is 5.14. The minimum absolute atomic E-state index is 0.00208. The van der Waals surface area contributed by atoms with Crippen molar-refractivity contribution in [2.75, 3.05) is 19.6 Å². The van der Waals surface area contributed by atoms with Gasteiger partial charge < -0.3 is 4.74 Å². The van der Waals surface area contributed by atoms with E-state index in [1.54, 1.807) is 29.2 Å². The number of rotatable bonds is 4. The number of halogens is 3. The monoisotopic (exact) mass is 259 g/mol. The maximum absolute atomic E-state index is 13.0. The molecule has 0 saturated carbocycles. The van der Waals surface area contributed by atoms with Gasteiger partial charge in [-0.15, -0.1) is 0 Å². The molecule has 0 unspecified atom stereocenters. The summed E-state index contributed by atoms with van der Waals surface area (Å²) in [6.45, 7) is 2.32. The van der Waals surface area contributed by atoms with Crippen LogP contribution in [0.15, 0.2) is 30.3 Å². The van der Waals surface area contributed by atoms with Gasteiger partial charge >= 0.3 is 6.18 Å². The molecule has 0 N–H and O–H groups in total. The molecular weight excluding hydrogens is 243 g/mol. The summed E-state index contributed by atoms with van der Waals surface area (Å²) in [6, 6.07) is 8.93. The quantitative estimate of drug-likeness (QED) is 0.824. The van der Waals surface area contributed by atoms with E-state index in [4.69, 9.17) is 4.74 Å². The van der Waals surface area contributed by atoms with E-state index in [9.17, 15) is 13.2 Å². The van der Waals surface area contributed by atoms with Crippen LogP contribution in [0.2, 0.25) is 0 Å². The molecule has 1 aliphatic heterocycles. The first-order chi connectivity index (χ1) is 8.47. The van der Waals surface area contributed by atoms with Crippen LogP contribution in [0.1, 0.15) is 12.5 Å². The highest BCUT2D eigenvalue weighted by Crippen LogP contribution is 2.41. The van der Waals surface area contributed by atoms with Crippen molar-refractivity contribution in [2.24, 2.45) is 0 Å². The molecule has 0 aromatic heterocycles. The zero-order valence-electron chi connectivity index (χ0n) is 10.2. The van der Waals surface area contributed by atoms with Crippen molar-refractivity contribution >= 4 is 0 Å². The van der Waals surface area contributed by atoms with Crippen LogP contribution in [0.5, 0.6) is 0 Å². The molecule has 0 spiro atoms. The van der Waals surface area contributed by atoms with Gasteiger partial charge in [-0.3, -0.25) is 4.90 Å². The Bertz CT molecular complexity index is 385. The molecule has 0 bridgehead atoms. The van der Waals surface area contributed by atoms with Crippen molar-refractivity contribution in [3.05, 3.63) is 35.9 Å². The molecule has 0 aliphatic carbocycles. The van der Waals surface area contributed by atoms with E-state index < -0.39 is 11.8 Å². The Morgan fingerprint density at radius 1 is 1.22 bits per heavy atom. The minimum atomic E-state index is -4.31. The van der Waals surface area contributed by atoms with Gasteiger partial charge in [0.25, 0.3) is 0 Å². The van der Waals surface area contributed by atoms with E-state index in [2.05, 4.69) is 0 Å². The van der Waals surface area contributed by atoms with Gasteiger partial charge in [0.15, 0.2) is 5.60 Å². The van der Waals surface area contributed by atoms with Gasteiger partial charge in [-0.25, -0.2) is 0 Å². The summed E-state index contributed by atoms with van der Waals surface area (Å²) in [5, 5.41) is 0. The maximum atomic E-state index is 13.0. The number of alkyl halides is 3. The molecule has 18 heavy (non-hydrogen) atoms. The molecule has 1 heterocycles. The predicted octanol–water partition coefficient (Wildman–Crippen LogP) is 2.84. The van der Waals surface area contributed by atoms with E-state index in [0.717, 1.165) is 5.56 Å². The summed E-state index contributed by atoms with van der Waals surface area (Å²) in [5.41, 5.74) is -1.23. The lowest BCUT2D eigenvalue weighted by Gasteiger charge is -2.49. The molecule has 1 aromatic carbocycles. The normalized spacial score (nSPS) is 19.6. The zero-order chi connectivity index (χ0) is 13.2. The van der Waals surface area contributed by atoms with Crippen LogP contribution in [0, 0.1) is 0 Å². The van der Waals surface area contributed by atoms with Gasteiger partial charge in [0.2, 0.25) is 0 Å². The second-order valence-electron chi connectivity index (χ2n) is 4.57. The van der Waals surface area contributed by atoms with Crippen LogP contribution in [-0.4, -0.2) is 36.3 Å². The van der Waals surface area contributed by atoms with E-state index in [1.807, 2.05) is 13.0 Å². The highest BCUT2D eigenvalue weighted by atomic mass is 19.4.